The van der Waals surface area contributed by atoms with Gasteiger partial charge in [0.1, 0.15) is 0 Å². The SMILES string of the molecule is CC(C)C1(OCCC2CCC3C4CC=C5CC(O)CCC5(C)C4CCC23C)CCC1. The van der Waals surface area contributed by atoms with Crippen molar-refractivity contribution in [3.8, 4) is 0 Å². The Bertz CT molecular complexity index is 676. The lowest BCUT2D eigenvalue weighted by atomic mass is 9.47. The fraction of sp³-hybridized carbons (Fsp3) is 0.929. The van der Waals surface area contributed by atoms with Crippen molar-refractivity contribution in [2.24, 2.45) is 40.4 Å². The molecule has 0 radical (unpaired) electrons. The lowest BCUT2D eigenvalue weighted by Crippen LogP contribution is -2.50. The molecule has 7 unspecified atom stereocenters. The third kappa shape index (κ3) is 3.18. The molecule has 5 aliphatic carbocycles. The number of ether oxygens (including phenoxy) is 1. The molecule has 5 rings (SSSR count). The minimum Gasteiger partial charge on any atom is -0.393 e. The van der Waals surface area contributed by atoms with E-state index in [1.165, 1.54) is 64.2 Å². The Balaban J connectivity index is 1.26. The predicted octanol–water partition coefficient (Wildman–Crippen LogP) is 6.91. The minimum absolute atomic E-state index is 0.0876. The van der Waals surface area contributed by atoms with Gasteiger partial charge in [0.25, 0.3) is 0 Å². The van der Waals surface area contributed by atoms with Gasteiger partial charge in [-0.1, -0.05) is 39.3 Å². The summed E-state index contributed by atoms with van der Waals surface area (Å²) in [4.78, 5) is 0. The quantitative estimate of drug-likeness (QED) is 0.495. The van der Waals surface area contributed by atoms with Crippen molar-refractivity contribution < 1.29 is 9.84 Å². The van der Waals surface area contributed by atoms with Gasteiger partial charge in [-0.25, -0.2) is 0 Å². The molecule has 30 heavy (non-hydrogen) atoms. The summed E-state index contributed by atoms with van der Waals surface area (Å²) in [5, 5.41) is 10.2. The zero-order chi connectivity index (χ0) is 21.1. The first kappa shape index (κ1) is 21.5. The molecule has 5 aliphatic rings. The average Bonchev–Trinajstić information content (AvgIpc) is 3.00. The van der Waals surface area contributed by atoms with E-state index in [0.717, 1.165) is 43.1 Å². The third-order valence-electron chi connectivity index (χ3n) is 11.4. The van der Waals surface area contributed by atoms with Crippen LogP contribution in [0.25, 0.3) is 0 Å². The van der Waals surface area contributed by atoms with Crippen molar-refractivity contribution in [3.05, 3.63) is 11.6 Å². The molecule has 2 nitrogen and oxygen atoms in total. The summed E-state index contributed by atoms with van der Waals surface area (Å²) < 4.78 is 6.58. The van der Waals surface area contributed by atoms with Crippen LogP contribution in [-0.2, 0) is 4.74 Å². The largest absolute Gasteiger partial charge is 0.393 e. The van der Waals surface area contributed by atoms with Crippen molar-refractivity contribution in [2.45, 2.75) is 116 Å². The molecule has 0 bridgehead atoms. The number of rotatable bonds is 5. The second-order valence-electron chi connectivity index (χ2n) is 12.7. The van der Waals surface area contributed by atoms with E-state index in [1.807, 2.05) is 0 Å². The smallest absolute Gasteiger partial charge is 0.0705 e. The molecular formula is C28H46O2. The molecule has 1 N–H and O–H groups in total. The van der Waals surface area contributed by atoms with Crippen LogP contribution < -0.4 is 0 Å². The molecule has 4 fully saturated rings. The molecule has 0 spiro atoms. The van der Waals surface area contributed by atoms with E-state index in [2.05, 4.69) is 33.8 Å². The highest BCUT2D eigenvalue weighted by molar-refractivity contribution is 5.25. The van der Waals surface area contributed by atoms with Gasteiger partial charge in [0.15, 0.2) is 0 Å². The molecule has 0 aromatic heterocycles. The van der Waals surface area contributed by atoms with Crippen LogP contribution in [0.3, 0.4) is 0 Å². The highest BCUT2D eigenvalue weighted by Gasteiger charge is 2.58. The average molecular weight is 415 g/mol. The maximum atomic E-state index is 10.2. The van der Waals surface area contributed by atoms with Crippen LogP contribution >= 0.6 is 0 Å². The second-order valence-corrected chi connectivity index (χ2v) is 12.7. The topological polar surface area (TPSA) is 29.5 Å². The molecule has 0 saturated heterocycles. The highest BCUT2D eigenvalue weighted by atomic mass is 16.5. The number of fused-ring (bicyclic) bond motifs is 5. The van der Waals surface area contributed by atoms with Crippen LogP contribution in [0, 0.1) is 40.4 Å². The van der Waals surface area contributed by atoms with Crippen LogP contribution in [-0.4, -0.2) is 23.4 Å². The fourth-order valence-electron chi connectivity index (χ4n) is 9.04. The van der Waals surface area contributed by atoms with Gasteiger partial charge in [-0.3, -0.25) is 0 Å². The molecule has 2 heteroatoms. The van der Waals surface area contributed by atoms with Crippen LogP contribution in [0.5, 0.6) is 0 Å². The number of hydrogen-bond donors (Lipinski definition) is 1. The van der Waals surface area contributed by atoms with Crippen molar-refractivity contribution in [3.63, 3.8) is 0 Å². The van der Waals surface area contributed by atoms with E-state index in [9.17, 15) is 5.11 Å². The molecule has 0 aliphatic heterocycles. The van der Waals surface area contributed by atoms with E-state index in [-0.39, 0.29) is 11.7 Å². The van der Waals surface area contributed by atoms with Crippen molar-refractivity contribution >= 4 is 0 Å². The Morgan fingerprint density at radius 2 is 1.83 bits per heavy atom. The summed E-state index contributed by atoms with van der Waals surface area (Å²) in [6, 6.07) is 0. The Hall–Kier alpha value is -0.340. The molecule has 4 saturated carbocycles. The van der Waals surface area contributed by atoms with E-state index in [0.29, 0.717) is 16.7 Å². The van der Waals surface area contributed by atoms with E-state index in [4.69, 9.17) is 4.74 Å². The Kier molecular flexibility index (Phi) is 5.46. The zero-order valence-corrected chi connectivity index (χ0v) is 20.1. The van der Waals surface area contributed by atoms with E-state index < -0.39 is 0 Å². The van der Waals surface area contributed by atoms with E-state index >= 15 is 0 Å². The molecule has 170 valence electrons. The van der Waals surface area contributed by atoms with Crippen LogP contribution in [0.15, 0.2) is 11.6 Å². The Morgan fingerprint density at radius 3 is 2.53 bits per heavy atom. The first-order valence-electron chi connectivity index (χ1n) is 13.3. The summed E-state index contributed by atoms with van der Waals surface area (Å²) in [6.07, 6.45) is 17.8. The monoisotopic (exact) mass is 414 g/mol. The van der Waals surface area contributed by atoms with Crippen LogP contribution in [0.1, 0.15) is 105 Å². The van der Waals surface area contributed by atoms with Crippen molar-refractivity contribution in [1.29, 1.82) is 0 Å². The Labute approximate surface area is 185 Å². The highest BCUT2D eigenvalue weighted by Crippen LogP contribution is 2.66. The summed E-state index contributed by atoms with van der Waals surface area (Å²) in [7, 11) is 0. The summed E-state index contributed by atoms with van der Waals surface area (Å²) in [5.74, 6) is 4.17. The normalized spacial score (nSPS) is 47.1. The summed E-state index contributed by atoms with van der Waals surface area (Å²) in [6.45, 7) is 10.9. The van der Waals surface area contributed by atoms with Gasteiger partial charge >= 0.3 is 0 Å². The van der Waals surface area contributed by atoms with Gasteiger partial charge in [-0.15, -0.1) is 0 Å². The lowest BCUT2D eigenvalue weighted by molar-refractivity contribution is -0.136. The molecule has 0 amide bonds. The third-order valence-corrected chi connectivity index (χ3v) is 11.4. The summed E-state index contributed by atoms with van der Waals surface area (Å²) in [5.41, 5.74) is 2.72. The number of aliphatic hydroxyl groups excluding tert-OH is 1. The first-order valence-corrected chi connectivity index (χ1v) is 13.3. The molecule has 0 aromatic carbocycles. The van der Waals surface area contributed by atoms with Gasteiger partial charge in [0, 0.05) is 6.61 Å². The molecule has 0 heterocycles. The fourth-order valence-corrected chi connectivity index (χ4v) is 9.04. The van der Waals surface area contributed by atoms with Crippen molar-refractivity contribution in [2.75, 3.05) is 6.61 Å². The van der Waals surface area contributed by atoms with Gasteiger partial charge in [0.05, 0.1) is 11.7 Å². The Morgan fingerprint density at radius 1 is 1.03 bits per heavy atom. The second kappa shape index (κ2) is 7.62. The zero-order valence-electron chi connectivity index (χ0n) is 20.1. The van der Waals surface area contributed by atoms with Gasteiger partial charge < -0.3 is 9.84 Å². The predicted molar refractivity (Wildman–Crippen MR) is 123 cm³/mol. The molecular weight excluding hydrogens is 368 g/mol. The number of hydrogen-bond acceptors (Lipinski definition) is 2. The minimum atomic E-state index is -0.0876. The van der Waals surface area contributed by atoms with E-state index in [1.54, 1.807) is 5.57 Å². The van der Waals surface area contributed by atoms with Gasteiger partial charge in [-0.05, 0) is 117 Å². The molecule has 7 atom stereocenters. The lowest BCUT2D eigenvalue weighted by Gasteiger charge is -2.58. The molecule has 0 aromatic rings. The van der Waals surface area contributed by atoms with Crippen LogP contribution in [0.4, 0.5) is 0 Å². The maximum Gasteiger partial charge on any atom is 0.0705 e. The maximum absolute atomic E-state index is 10.2. The van der Waals surface area contributed by atoms with Crippen LogP contribution in [0.2, 0.25) is 0 Å². The van der Waals surface area contributed by atoms with Gasteiger partial charge in [0.2, 0.25) is 0 Å². The van der Waals surface area contributed by atoms with Gasteiger partial charge in [-0.2, -0.15) is 0 Å². The number of allylic oxidation sites excluding steroid dienone is 1. The number of aliphatic hydroxyl groups is 1. The summed E-state index contributed by atoms with van der Waals surface area (Å²) >= 11 is 0. The first-order chi connectivity index (χ1) is 14.3. The van der Waals surface area contributed by atoms with Crippen molar-refractivity contribution in [1.82, 2.24) is 0 Å². The standard InChI is InChI=1S/C28H46O2/c1-19(2)28(13-5-14-28)30-17-12-20-7-9-24-23-8-6-21-18-22(29)10-15-27(21,4)25(23)11-16-26(20,24)3/h6,19-20,22-25,29H,5,7-18H2,1-4H3.